The van der Waals surface area contributed by atoms with Crippen LogP contribution in [0.3, 0.4) is 0 Å². The van der Waals surface area contributed by atoms with Crippen LogP contribution in [0.4, 0.5) is 10.6 Å². The maximum atomic E-state index is 13.0. The number of anilines is 1. The third-order valence-electron chi connectivity index (χ3n) is 6.56. The van der Waals surface area contributed by atoms with Crippen LogP contribution in [0.1, 0.15) is 53.4 Å². The zero-order valence-corrected chi connectivity index (χ0v) is 24.5. The van der Waals surface area contributed by atoms with E-state index in [1.54, 1.807) is 36.4 Å². The van der Waals surface area contributed by atoms with Gasteiger partial charge in [0.1, 0.15) is 5.82 Å². The fourth-order valence-electron chi connectivity index (χ4n) is 4.62. The summed E-state index contributed by atoms with van der Waals surface area (Å²) in [6.07, 6.45) is 6.01. The number of aromatic nitrogens is 4. The summed E-state index contributed by atoms with van der Waals surface area (Å²) in [6, 6.07) is 11.7. The van der Waals surface area contributed by atoms with Gasteiger partial charge in [0.05, 0.1) is 35.5 Å². The molecule has 0 spiro atoms. The summed E-state index contributed by atoms with van der Waals surface area (Å²) in [7, 11) is 0. The molecule has 9 nitrogen and oxygen atoms in total. The van der Waals surface area contributed by atoms with Crippen LogP contribution in [0.2, 0.25) is 5.02 Å². The van der Waals surface area contributed by atoms with Crippen molar-refractivity contribution in [3.63, 3.8) is 0 Å². The first-order chi connectivity index (χ1) is 19.8. The SMILES string of the molecule is CC.CCOC(=O)Nc1nccc2c(C)c(CNC(=O)c3cnn(Cc4ccc5ncc(Cl)cc5c4)c3)c(C)cc12. The molecular formula is C31H33ClN6O3. The Labute approximate surface area is 243 Å². The van der Waals surface area contributed by atoms with Gasteiger partial charge in [0.25, 0.3) is 5.91 Å². The summed E-state index contributed by atoms with van der Waals surface area (Å²) in [5.74, 6) is 0.222. The number of rotatable bonds is 7. The van der Waals surface area contributed by atoms with Crippen molar-refractivity contribution in [2.24, 2.45) is 0 Å². The lowest BCUT2D eigenvalue weighted by molar-refractivity contribution is 0.0950. The monoisotopic (exact) mass is 572 g/mol. The Morgan fingerprint density at radius 3 is 2.61 bits per heavy atom. The van der Waals surface area contributed by atoms with Crippen LogP contribution in [0, 0.1) is 13.8 Å². The molecule has 10 heteroatoms. The van der Waals surface area contributed by atoms with E-state index in [1.165, 1.54) is 0 Å². The van der Waals surface area contributed by atoms with Crippen LogP contribution in [0.5, 0.6) is 0 Å². The fraction of sp³-hybridized carbons (Fsp3) is 0.258. The number of carbonyl (C=O) groups is 2. The van der Waals surface area contributed by atoms with Gasteiger partial charge in [-0.3, -0.25) is 19.8 Å². The number of aryl methyl sites for hydroxylation is 2. The third-order valence-corrected chi connectivity index (χ3v) is 6.76. The molecule has 212 valence electrons. The molecule has 0 unspecified atom stereocenters. The van der Waals surface area contributed by atoms with E-state index in [-0.39, 0.29) is 12.5 Å². The van der Waals surface area contributed by atoms with Crippen molar-refractivity contribution in [1.82, 2.24) is 25.1 Å². The van der Waals surface area contributed by atoms with Gasteiger partial charge in [-0.1, -0.05) is 31.5 Å². The predicted octanol–water partition coefficient (Wildman–Crippen LogP) is 6.82. The Bertz CT molecular complexity index is 1720. The van der Waals surface area contributed by atoms with E-state index in [0.29, 0.717) is 29.5 Å². The molecule has 2 amide bonds. The van der Waals surface area contributed by atoms with E-state index in [9.17, 15) is 9.59 Å². The van der Waals surface area contributed by atoms with Gasteiger partial charge in [0, 0.05) is 35.9 Å². The second-order valence-corrected chi connectivity index (χ2v) is 9.62. The highest BCUT2D eigenvalue weighted by molar-refractivity contribution is 6.31. The van der Waals surface area contributed by atoms with Crippen LogP contribution >= 0.6 is 11.6 Å². The van der Waals surface area contributed by atoms with Gasteiger partial charge >= 0.3 is 6.09 Å². The molecule has 3 heterocycles. The molecule has 0 saturated carbocycles. The summed E-state index contributed by atoms with van der Waals surface area (Å²) in [6.45, 7) is 10.8. The minimum Gasteiger partial charge on any atom is -0.450 e. The number of nitrogens with zero attached hydrogens (tertiary/aromatic N) is 4. The fourth-order valence-corrected chi connectivity index (χ4v) is 4.79. The number of halogens is 1. The average molecular weight is 573 g/mol. The van der Waals surface area contributed by atoms with Gasteiger partial charge in [-0.2, -0.15) is 5.10 Å². The van der Waals surface area contributed by atoms with Crippen molar-refractivity contribution in [3.8, 4) is 0 Å². The lowest BCUT2D eigenvalue weighted by atomic mass is 9.96. The minimum atomic E-state index is -0.549. The van der Waals surface area contributed by atoms with Gasteiger partial charge in [-0.15, -0.1) is 0 Å². The molecule has 0 fully saturated rings. The molecule has 5 aromatic rings. The van der Waals surface area contributed by atoms with E-state index in [4.69, 9.17) is 16.3 Å². The van der Waals surface area contributed by atoms with Crippen molar-refractivity contribution in [2.45, 2.75) is 47.7 Å². The molecule has 0 saturated heterocycles. The molecule has 2 aromatic carbocycles. The van der Waals surface area contributed by atoms with Crippen LogP contribution in [-0.2, 0) is 17.8 Å². The number of hydrogen-bond donors (Lipinski definition) is 2. The van der Waals surface area contributed by atoms with Crippen molar-refractivity contribution in [3.05, 3.63) is 94.0 Å². The van der Waals surface area contributed by atoms with Crippen LogP contribution in [0.25, 0.3) is 21.7 Å². The molecule has 5 rings (SSSR count). The summed E-state index contributed by atoms with van der Waals surface area (Å²) in [5.41, 5.74) is 5.34. The highest BCUT2D eigenvalue weighted by atomic mass is 35.5. The maximum absolute atomic E-state index is 13.0. The predicted molar refractivity (Wildman–Crippen MR) is 162 cm³/mol. The summed E-state index contributed by atoms with van der Waals surface area (Å²) in [5, 5.41) is 13.4. The van der Waals surface area contributed by atoms with Crippen molar-refractivity contribution >= 4 is 51.1 Å². The van der Waals surface area contributed by atoms with Crippen LogP contribution in [0.15, 0.2) is 61.2 Å². The van der Waals surface area contributed by atoms with Gasteiger partial charge in [0.15, 0.2) is 0 Å². The van der Waals surface area contributed by atoms with Crippen molar-refractivity contribution in [2.75, 3.05) is 11.9 Å². The number of benzene rings is 2. The van der Waals surface area contributed by atoms with Crippen LogP contribution in [-0.4, -0.2) is 38.4 Å². The lowest BCUT2D eigenvalue weighted by Gasteiger charge is -2.16. The largest absolute Gasteiger partial charge is 0.450 e. The Morgan fingerprint density at radius 1 is 1.02 bits per heavy atom. The van der Waals surface area contributed by atoms with Crippen molar-refractivity contribution < 1.29 is 14.3 Å². The van der Waals surface area contributed by atoms with E-state index < -0.39 is 6.09 Å². The number of carbonyl (C=O) groups excluding carboxylic acids is 2. The van der Waals surface area contributed by atoms with Gasteiger partial charge in [-0.25, -0.2) is 9.78 Å². The smallest absolute Gasteiger partial charge is 0.412 e. The normalized spacial score (nSPS) is 10.7. The Morgan fingerprint density at radius 2 is 1.83 bits per heavy atom. The molecule has 0 radical (unpaired) electrons. The third kappa shape index (κ3) is 6.81. The highest BCUT2D eigenvalue weighted by Gasteiger charge is 2.15. The van der Waals surface area contributed by atoms with Gasteiger partial charge in [-0.05, 0) is 78.7 Å². The molecular weight excluding hydrogens is 540 g/mol. The number of amides is 2. The van der Waals surface area contributed by atoms with E-state index in [0.717, 1.165) is 43.9 Å². The first-order valence-electron chi connectivity index (χ1n) is 13.5. The number of pyridine rings is 2. The highest BCUT2D eigenvalue weighted by Crippen LogP contribution is 2.29. The van der Waals surface area contributed by atoms with Gasteiger partial charge in [0.2, 0.25) is 0 Å². The molecule has 0 aliphatic heterocycles. The lowest BCUT2D eigenvalue weighted by Crippen LogP contribution is -2.23. The molecule has 0 aliphatic rings. The van der Waals surface area contributed by atoms with E-state index in [1.807, 2.05) is 64.1 Å². The molecule has 0 aliphatic carbocycles. The van der Waals surface area contributed by atoms with Crippen molar-refractivity contribution in [1.29, 1.82) is 0 Å². The Hall–Kier alpha value is -4.50. The second-order valence-electron chi connectivity index (χ2n) is 9.19. The Kier molecular flexibility index (Phi) is 9.52. The summed E-state index contributed by atoms with van der Waals surface area (Å²) in [4.78, 5) is 33.5. The zero-order chi connectivity index (χ0) is 29.5. The van der Waals surface area contributed by atoms with Crippen LogP contribution < -0.4 is 10.6 Å². The first-order valence-corrected chi connectivity index (χ1v) is 13.9. The number of ether oxygens (including phenoxy) is 1. The summed E-state index contributed by atoms with van der Waals surface area (Å²) < 4.78 is 6.72. The van der Waals surface area contributed by atoms with E-state index in [2.05, 4.69) is 25.7 Å². The second kappa shape index (κ2) is 13.2. The molecule has 3 aromatic heterocycles. The number of fused-ring (bicyclic) bond motifs is 2. The summed E-state index contributed by atoms with van der Waals surface area (Å²) >= 11 is 6.08. The standard InChI is InChI=1S/C29H27ClN6O3.C2H6/c1-4-39-29(38)35-27-24-9-17(2)25(18(3)23(24)7-8-31-27)14-33-28(37)21-12-34-36(16-21)15-19-5-6-26-20(10-19)11-22(30)13-32-26;1-2/h5-13,16H,4,14-15H2,1-3H3,(H,33,37)(H,31,35,38);1-2H3. The molecule has 0 bridgehead atoms. The number of nitrogens with one attached hydrogen (secondary N) is 2. The molecule has 0 atom stereocenters. The van der Waals surface area contributed by atoms with Gasteiger partial charge < -0.3 is 10.1 Å². The maximum Gasteiger partial charge on any atom is 0.412 e. The Balaban J connectivity index is 0.00000189. The topological polar surface area (TPSA) is 111 Å². The molecule has 41 heavy (non-hydrogen) atoms. The average Bonchev–Trinajstić information content (AvgIpc) is 3.43. The molecule has 2 N–H and O–H groups in total. The minimum absolute atomic E-state index is 0.214. The number of hydrogen-bond acceptors (Lipinski definition) is 6. The first kappa shape index (κ1) is 29.5. The zero-order valence-electron chi connectivity index (χ0n) is 23.8. The van der Waals surface area contributed by atoms with E-state index >= 15 is 0 Å². The quantitative estimate of drug-likeness (QED) is 0.221.